The summed E-state index contributed by atoms with van der Waals surface area (Å²) in [6, 6.07) is 4.82. The molecule has 0 unspecified atom stereocenters. The molecule has 0 fully saturated rings. The fourth-order valence-electron chi connectivity index (χ4n) is 1.87. The van der Waals surface area contributed by atoms with Gasteiger partial charge >= 0.3 is 5.97 Å². The molecule has 7 nitrogen and oxygen atoms in total. The van der Waals surface area contributed by atoms with Crippen LogP contribution in [0, 0.1) is 0 Å². The van der Waals surface area contributed by atoms with E-state index in [-0.39, 0.29) is 0 Å². The third kappa shape index (κ3) is 4.21. The van der Waals surface area contributed by atoms with Crippen LogP contribution in [0.25, 0.3) is 0 Å². The average Bonchev–Trinajstić information content (AvgIpc) is 3.03. The zero-order valence-electron chi connectivity index (χ0n) is 13.3. The first kappa shape index (κ1) is 18.2. The number of amides is 1. The second kappa shape index (κ2) is 8.07. The molecule has 128 valence electrons. The van der Waals surface area contributed by atoms with Crippen LogP contribution >= 0.6 is 23.1 Å². The van der Waals surface area contributed by atoms with Gasteiger partial charge in [-0.05, 0) is 43.1 Å². The first-order valence-electron chi connectivity index (χ1n) is 7.12. The van der Waals surface area contributed by atoms with Gasteiger partial charge in [0, 0.05) is 5.02 Å². The van der Waals surface area contributed by atoms with Gasteiger partial charge in [0.25, 0.3) is 5.91 Å². The van der Waals surface area contributed by atoms with Crippen LogP contribution in [0.2, 0.25) is 5.02 Å². The Hall–Kier alpha value is -2.19. The maximum absolute atomic E-state index is 12.2. The van der Waals surface area contributed by atoms with Crippen LogP contribution in [-0.2, 0) is 16.0 Å². The van der Waals surface area contributed by atoms with E-state index in [9.17, 15) is 9.59 Å². The van der Waals surface area contributed by atoms with E-state index in [0.717, 1.165) is 11.5 Å². The van der Waals surface area contributed by atoms with Gasteiger partial charge in [0.2, 0.25) is 0 Å². The number of halogens is 1. The van der Waals surface area contributed by atoms with Crippen molar-refractivity contribution in [3.63, 3.8) is 0 Å². The van der Waals surface area contributed by atoms with E-state index in [1.54, 1.807) is 18.2 Å². The molecule has 1 atom stereocenters. The maximum Gasteiger partial charge on any atom is 0.352 e. The number of carbonyl (C=O) groups excluding carboxylic acids is 2. The predicted octanol–water partition coefficient (Wildman–Crippen LogP) is 2.95. The first-order chi connectivity index (χ1) is 11.5. The number of hydrogen-bond acceptors (Lipinski definition) is 7. The highest BCUT2D eigenvalue weighted by atomic mass is 35.5. The Balaban J connectivity index is 2.05. The number of nitrogens with zero attached hydrogens (tertiary/aromatic N) is 2. The molecule has 0 spiro atoms. The predicted molar refractivity (Wildman–Crippen MR) is 90.8 cm³/mol. The molecule has 24 heavy (non-hydrogen) atoms. The Morgan fingerprint density at radius 3 is 2.83 bits per heavy atom. The molecule has 0 bridgehead atoms. The number of aromatic nitrogens is 2. The fourth-order valence-corrected chi connectivity index (χ4v) is 2.68. The summed E-state index contributed by atoms with van der Waals surface area (Å²) in [6.45, 7) is 3.33. The van der Waals surface area contributed by atoms with Gasteiger partial charge in [-0.1, -0.05) is 23.0 Å². The Morgan fingerprint density at radius 2 is 2.17 bits per heavy atom. The van der Waals surface area contributed by atoms with Crippen molar-refractivity contribution in [3.8, 4) is 5.75 Å². The number of carbonyl (C=O) groups is 2. The summed E-state index contributed by atoms with van der Waals surface area (Å²) in [4.78, 5) is 24.7. The number of aryl methyl sites for hydroxylation is 1. The molecule has 2 rings (SSSR count). The number of esters is 1. The van der Waals surface area contributed by atoms with Crippen molar-refractivity contribution < 1.29 is 19.1 Å². The van der Waals surface area contributed by atoms with Crippen molar-refractivity contribution in [1.82, 2.24) is 9.59 Å². The monoisotopic (exact) mass is 369 g/mol. The third-order valence-electron chi connectivity index (χ3n) is 3.15. The number of rotatable bonds is 6. The molecule has 1 N–H and O–H groups in total. The van der Waals surface area contributed by atoms with E-state index in [4.69, 9.17) is 21.1 Å². The number of anilines is 1. The van der Waals surface area contributed by atoms with E-state index in [1.807, 2.05) is 6.92 Å². The molecule has 9 heteroatoms. The molecule has 0 saturated heterocycles. The molecule has 0 aliphatic heterocycles. The van der Waals surface area contributed by atoms with Gasteiger partial charge in [0.05, 0.1) is 18.5 Å². The maximum atomic E-state index is 12.2. The van der Waals surface area contributed by atoms with Crippen LogP contribution in [-0.4, -0.2) is 34.7 Å². The standard InChI is InChI=1S/C15H16ClN3O4S/c1-4-10-13(24-19-18-10)15(21)23-8(2)14(20)17-11-7-9(16)5-6-12(11)22-3/h5-8H,4H2,1-3H3,(H,17,20)/t8-/m0/s1. The van der Waals surface area contributed by atoms with Crippen LogP contribution in [0.3, 0.4) is 0 Å². The fraction of sp³-hybridized carbons (Fsp3) is 0.333. The van der Waals surface area contributed by atoms with Crippen molar-refractivity contribution in [2.45, 2.75) is 26.4 Å². The molecular formula is C15H16ClN3O4S. The smallest absolute Gasteiger partial charge is 0.352 e. The summed E-state index contributed by atoms with van der Waals surface area (Å²) in [5, 5.41) is 6.92. The van der Waals surface area contributed by atoms with E-state index in [0.29, 0.717) is 33.5 Å². The van der Waals surface area contributed by atoms with E-state index >= 15 is 0 Å². The third-order valence-corrected chi connectivity index (χ3v) is 4.13. The summed E-state index contributed by atoms with van der Waals surface area (Å²) >= 11 is 6.86. The zero-order chi connectivity index (χ0) is 17.7. The lowest BCUT2D eigenvalue weighted by molar-refractivity contribution is -0.123. The van der Waals surface area contributed by atoms with Crippen LogP contribution in [0.1, 0.15) is 29.2 Å². The number of benzene rings is 1. The van der Waals surface area contributed by atoms with E-state index in [1.165, 1.54) is 14.0 Å². The number of methoxy groups -OCH3 is 1. The highest BCUT2D eigenvalue weighted by Gasteiger charge is 2.23. The Labute approximate surface area is 148 Å². The van der Waals surface area contributed by atoms with Gasteiger partial charge in [0.15, 0.2) is 11.0 Å². The van der Waals surface area contributed by atoms with Gasteiger partial charge < -0.3 is 14.8 Å². The lowest BCUT2D eigenvalue weighted by atomic mass is 10.2. The molecule has 0 radical (unpaired) electrons. The highest BCUT2D eigenvalue weighted by Crippen LogP contribution is 2.28. The Kier molecular flexibility index (Phi) is 6.10. The van der Waals surface area contributed by atoms with Gasteiger partial charge in [-0.3, -0.25) is 4.79 Å². The van der Waals surface area contributed by atoms with E-state index in [2.05, 4.69) is 14.9 Å². The SMILES string of the molecule is CCc1nnsc1C(=O)O[C@@H](C)C(=O)Nc1cc(Cl)ccc1OC. The molecule has 1 heterocycles. The lowest BCUT2D eigenvalue weighted by Crippen LogP contribution is -2.30. The van der Waals surface area contributed by atoms with E-state index < -0.39 is 18.0 Å². The molecule has 2 aromatic rings. The van der Waals surface area contributed by atoms with Crippen molar-refractivity contribution in [3.05, 3.63) is 33.8 Å². The van der Waals surface area contributed by atoms with Gasteiger partial charge in [-0.2, -0.15) is 0 Å². The van der Waals surface area contributed by atoms with Gasteiger partial charge in [0.1, 0.15) is 5.75 Å². The largest absolute Gasteiger partial charge is 0.495 e. The summed E-state index contributed by atoms with van der Waals surface area (Å²) in [5.74, 6) is -0.673. The first-order valence-corrected chi connectivity index (χ1v) is 8.28. The molecule has 0 aliphatic carbocycles. The summed E-state index contributed by atoms with van der Waals surface area (Å²) < 4.78 is 14.1. The van der Waals surface area contributed by atoms with Crippen LogP contribution in [0.4, 0.5) is 5.69 Å². The minimum absolute atomic E-state index is 0.303. The number of nitrogens with one attached hydrogen (secondary N) is 1. The Morgan fingerprint density at radius 1 is 1.42 bits per heavy atom. The van der Waals surface area contributed by atoms with Crippen LogP contribution < -0.4 is 10.1 Å². The quantitative estimate of drug-likeness (QED) is 0.787. The van der Waals surface area contributed by atoms with Crippen molar-refractivity contribution in [2.75, 3.05) is 12.4 Å². The minimum Gasteiger partial charge on any atom is -0.495 e. The molecule has 1 aromatic heterocycles. The lowest BCUT2D eigenvalue weighted by Gasteiger charge is -2.15. The van der Waals surface area contributed by atoms with Crippen LogP contribution in [0.5, 0.6) is 5.75 Å². The normalized spacial score (nSPS) is 11.7. The second-order valence-electron chi connectivity index (χ2n) is 4.78. The topological polar surface area (TPSA) is 90.4 Å². The average molecular weight is 370 g/mol. The van der Waals surface area contributed by atoms with Crippen molar-refractivity contribution in [2.24, 2.45) is 0 Å². The second-order valence-corrected chi connectivity index (χ2v) is 5.97. The summed E-state index contributed by atoms with van der Waals surface area (Å²) in [7, 11) is 1.48. The van der Waals surface area contributed by atoms with Crippen molar-refractivity contribution >= 4 is 40.7 Å². The Bertz CT molecular complexity index is 750. The summed E-state index contributed by atoms with van der Waals surface area (Å²) in [5.41, 5.74) is 0.945. The van der Waals surface area contributed by atoms with Gasteiger partial charge in [-0.15, -0.1) is 5.10 Å². The molecule has 1 amide bonds. The number of hydrogen-bond donors (Lipinski definition) is 1. The highest BCUT2D eigenvalue weighted by molar-refractivity contribution is 7.07. The molecular weight excluding hydrogens is 354 g/mol. The minimum atomic E-state index is -1.01. The van der Waals surface area contributed by atoms with Crippen LogP contribution in [0.15, 0.2) is 18.2 Å². The van der Waals surface area contributed by atoms with Gasteiger partial charge in [-0.25, -0.2) is 4.79 Å². The molecule has 0 aliphatic rings. The molecule has 1 aromatic carbocycles. The van der Waals surface area contributed by atoms with Crippen molar-refractivity contribution in [1.29, 1.82) is 0 Å². The summed E-state index contributed by atoms with van der Waals surface area (Å²) in [6.07, 6.45) is -0.450. The molecule has 0 saturated carbocycles. The zero-order valence-corrected chi connectivity index (χ0v) is 14.9. The number of ether oxygens (including phenoxy) is 2.